The number of hydrogen-bond donors (Lipinski definition) is 0. The lowest BCUT2D eigenvalue weighted by molar-refractivity contribution is 0.632. The van der Waals surface area contributed by atoms with Crippen molar-refractivity contribution in [2.24, 2.45) is 13.0 Å². The fourth-order valence-electron chi connectivity index (χ4n) is 1.02. The van der Waals surface area contributed by atoms with Crippen molar-refractivity contribution in [1.82, 2.24) is 9.78 Å². The second-order valence-corrected chi connectivity index (χ2v) is 3.48. The molecule has 0 aliphatic rings. The molecule has 12 heavy (non-hydrogen) atoms. The van der Waals surface area contributed by atoms with Gasteiger partial charge in [-0.05, 0) is 18.4 Å². The summed E-state index contributed by atoms with van der Waals surface area (Å²) >= 11 is 11.4. The van der Waals surface area contributed by atoms with Crippen LogP contribution in [0.25, 0.3) is 0 Å². The van der Waals surface area contributed by atoms with Crippen LogP contribution in [-0.4, -0.2) is 21.5 Å². The predicted octanol–water partition coefficient (Wildman–Crippen LogP) is 2.06. The zero-order chi connectivity index (χ0) is 8.97. The van der Waals surface area contributed by atoms with E-state index in [1.54, 1.807) is 4.68 Å². The number of nitrogens with zero attached hydrogens (tertiary/aromatic N) is 2. The SMILES string of the molecule is Cn1ccc(CC(CCl)CCl)n1. The van der Waals surface area contributed by atoms with Gasteiger partial charge in [-0.1, -0.05) is 0 Å². The molecular weight excluding hydrogens is 195 g/mol. The summed E-state index contributed by atoms with van der Waals surface area (Å²) in [6.45, 7) is 0. The van der Waals surface area contributed by atoms with Crippen molar-refractivity contribution < 1.29 is 0 Å². The molecule has 0 aromatic carbocycles. The molecule has 0 amide bonds. The van der Waals surface area contributed by atoms with Crippen LogP contribution in [0.3, 0.4) is 0 Å². The Morgan fingerprint density at radius 3 is 2.58 bits per heavy atom. The largest absolute Gasteiger partial charge is 0.276 e. The third kappa shape index (κ3) is 2.68. The summed E-state index contributed by atoms with van der Waals surface area (Å²) in [5.41, 5.74) is 1.06. The highest BCUT2D eigenvalue weighted by molar-refractivity contribution is 6.20. The third-order valence-electron chi connectivity index (χ3n) is 1.70. The van der Waals surface area contributed by atoms with Gasteiger partial charge >= 0.3 is 0 Å². The number of halogens is 2. The van der Waals surface area contributed by atoms with Crippen molar-refractivity contribution in [3.63, 3.8) is 0 Å². The Balaban J connectivity index is 2.50. The number of aromatic nitrogens is 2. The lowest BCUT2D eigenvalue weighted by Gasteiger charge is -2.06. The second-order valence-electron chi connectivity index (χ2n) is 2.86. The van der Waals surface area contributed by atoms with Crippen LogP contribution in [0.15, 0.2) is 12.3 Å². The summed E-state index contributed by atoms with van der Waals surface area (Å²) in [5.74, 6) is 1.53. The first-order valence-corrected chi connectivity index (χ1v) is 4.93. The Kier molecular flexibility index (Phi) is 3.89. The summed E-state index contributed by atoms with van der Waals surface area (Å²) in [6.07, 6.45) is 2.79. The van der Waals surface area contributed by atoms with Gasteiger partial charge in [0.1, 0.15) is 0 Å². The van der Waals surface area contributed by atoms with Gasteiger partial charge in [0.05, 0.1) is 5.69 Å². The molecule has 0 saturated heterocycles. The van der Waals surface area contributed by atoms with Crippen molar-refractivity contribution in [3.8, 4) is 0 Å². The highest BCUT2D eigenvalue weighted by atomic mass is 35.5. The molecule has 0 radical (unpaired) electrons. The minimum atomic E-state index is 0.336. The van der Waals surface area contributed by atoms with Crippen molar-refractivity contribution in [3.05, 3.63) is 18.0 Å². The van der Waals surface area contributed by atoms with Crippen LogP contribution in [0.5, 0.6) is 0 Å². The first kappa shape index (κ1) is 9.87. The standard InChI is InChI=1S/C8H12Cl2N2/c1-12-3-2-8(11-12)4-7(5-9)6-10/h2-3,7H,4-6H2,1H3. The van der Waals surface area contributed by atoms with E-state index in [0.29, 0.717) is 17.7 Å². The first-order valence-electron chi connectivity index (χ1n) is 3.86. The smallest absolute Gasteiger partial charge is 0.0628 e. The van der Waals surface area contributed by atoms with E-state index in [1.807, 2.05) is 19.3 Å². The molecule has 0 saturated carbocycles. The Bertz CT molecular complexity index is 231. The van der Waals surface area contributed by atoms with Gasteiger partial charge in [-0.25, -0.2) is 0 Å². The molecule has 68 valence electrons. The molecule has 0 aliphatic carbocycles. The monoisotopic (exact) mass is 206 g/mol. The summed E-state index contributed by atoms with van der Waals surface area (Å²) in [6, 6.07) is 1.99. The molecule has 0 N–H and O–H groups in total. The van der Waals surface area contributed by atoms with Gasteiger partial charge in [-0.3, -0.25) is 4.68 Å². The molecule has 0 spiro atoms. The molecule has 0 unspecified atom stereocenters. The van der Waals surface area contributed by atoms with Gasteiger partial charge in [-0.2, -0.15) is 5.10 Å². The van der Waals surface area contributed by atoms with E-state index in [-0.39, 0.29) is 0 Å². The number of aryl methyl sites for hydroxylation is 1. The molecule has 0 bridgehead atoms. The van der Waals surface area contributed by atoms with Gasteiger partial charge in [0.25, 0.3) is 0 Å². The van der Waals surface area contributed by atoms with Gasteiger partial charge in [0.2, 0.25) is 0 Å². The lowest BCUT2D eigenvalue weighted by atomic mass is 10.1. The molecule has 1 rings (SSSR count). The van der Waals surface area contributed by atoms with E-state index in [2.05, 4.69) is 5.10 Å². The van der Waals surface area contributed by atoms with Gasteiger partial charge in [-0.15, -0.1) is 23.2 Å². The van der Waals surface area contributed by atoms with Crippen LogP contribution in [0.4, 0.5) is 0 Å². The van der Waals surface area contributed by atoms with Crippen LogP contribution in [0.1, 0.15) is 5.69 Å². The fraction of sp³-hybridized carbons (Fsp3) is 0.625. The summed E-state index contributed by atoms with van der Waals surface area (Å²) < 4.78 is 1.79. The van der Waals surface area contributed by atoms with Crippen LogP contribution >= 0.6 is 23.2 Å². The second kappa shape index (κ2) is 4.73. The normalized spacial score (nSPS) is 11.0. The minimum absolute atomic E-state index is 0.336. The highest BCUT2D eigenvalue weighted by Crippen LogP contribution is 2.09. The van der Waals surface area contributed by atoms with E-state index in [1.165, 1.54) is 0 Å². The average molecular weight is 207 g/mol. The number of hydrogen-bond acceptors (Lipinski definition) is 1. The zero-order valence-electron chi connectivity index (χ0n) is 7.00. The molecule has 0 atom stereocenters. The Labute approximate surface area is 82.5 Å². The van der Waals surface area contributed by atoms with Gasteiger partial charge < -0.3 is 0 Å². The van der Waals surface area contributed by atoms with Crippen LogP contribution in [-0.2, 0) is 13.5 Å². The third-order valence-corrected chi connectivity index (χ3v) is 2.58. The molecule has 1 aromatic heterocycles. The zero-order valence-corrected chi connectivity index (χ0v) is 8.52. The van der Waals surface area contributed by atoms with Crippen molar-refractivity contribution in [2.75, 3.05) is 11.8 Å². The number of alkyl halides is 2. The van der Waals surface area contributed by atoms with E-state index in [4.69, 9.17) is 23.2 Å². The van der Waals surface area contributed by atoms with Crippen LogP contribution in [0.2, 0.25) is 0 Å². The Morgan fingerprint density at radius 2 is 2.17 bits per heavy atom. The summed E-state index contributed by atoms with van der Waals surface area (Å²) in [5, 5.41) is 4.25. The molecule has 1 heterocycles. The summed E-state index contributed by atoms with van der Waals surface area (Å²) in [7, 11) is 1.90. The molecular formula is C8H12Cl2N2. The quantitative estimate of drug-likeness (QED) is 0.691. The van der Waals surface area contributed by atoms with E-state index < -0.39 is 0 Å². The predicted molar refractivity (Wildman–Crippen MR) is 51.8 cm³/mol. The molecule has 0 aliphatic heterocycles. The minimum Gasteiger partial charge on any atom is -0.276 e. The molecule has 4 heteroatoms. The van der Waals surface area contributed by atoms with Crippen LogP contribution < -0.4 is 0 Å². The maximum absolute atomic E-state index is 5.71. The summed E-state index contributed by atoms with van der Waals surface area (Å²) in [4.78, 5) is 0. The number of rotatable bonds is 4. The average Bonchev–Trinajstić information content (AvgIpc) is 2.47. The van der Waals surface area contributed by atoms with Gasteiger partial charge in [0.15, 0.2) is 0 Å². The lowest BCUT2D eigenvalue weighted by Crippen LogP contribution is -2.08. The molecule has 0 fully saturated rings. The first-order chi connectivity index (χ1) is 5.76. The Hall–Kier alpha value is -0.210. The van der Waals surface area contributed by atoms with E-state index in [0.717, 1.165) is 12.1 Å². The van der Waals surface area contributed by atoms with E-state index in [9.17, 15) is 0 Å². The Morgan fingerprint density at radius 1 is 1.50 bits per heavy atom. The topological polar surface area (TPSA) is 17.8 Å². The maximum Gasteiger partial charge on any atom is 0.0628 e. The molecule has 2 nitrogen and oxygen atoms in total. The van der Waals surface area contributed by atoms with E-state index >= 15 is 0 Å². The van der Waals surface area contributed by atoms with Gasteiger partial charge in [0, 0.05) is 25.0 Å². The molecule has 1 aromatic rings. The van der Waals surface area contributed by atoms with Crippen molar-refractivity contribution in [1.29, 1.82) is 0 Å². The van der Waals surface area contributed by atoms with Crippen LogP contribution in [0, 0.1) is 5.92 Å². The van der Waals surface area contributed by atoms with Crippen molar-refractivity contribution in [2.45, 2.75) is 6.42 Å². The fourth-order valence-corrected chi connectivity index (χ4v) is 1.57. The van der Waals surface area contributed by atoms with Crippen molar-refractivity contribution >= 4 is 23.2 Å². The maximum atomic E-state index is 5.71. The highest BCUT2D eigenvalue weighted by Gasteiger charge is 2.08.